The predicted molar refractivity (Wildman–Crippen MR) is 111 cm³/mol. The molecule has 0 unspecified atom stereocenters. The molecule has 1 heterocycles. The third kappa shape index (κ3) is 3.02. The summed E-state index contributed by atoms with van der Waals surface area (Å²) in [6.45, 7) is 3.82. The maximum absolute atomic E-state index is 13.3. The zero-order valence-electron chi connectivity index (χ0n) is 16.3. The number of benzene rings is 2. The van der Waals surface area contributed by atoms with Crippen molar-refractivity contribution in [3.8, 4) is 5.75 Å². The number of rotatable bonds is 4. The number of ether oxygens (including phenoxy) is 2. The van der Waals surface area contributed by atoms with Crippen molar-refractivity contribution < 1.29 is 19.1 Å². The molecule has 0 saturated carbocycles. The van der Waals surface area contributed by atoms with Crippen molar-refractivity contribution in [3.63, 3.8) is 0 Å². The van der Waals surface area contributed by atoms with Crippen molar-refractivity contribution >= 4 is 29.1 Å². The number of halogens is 1. The van der Waals surface area contributed by atoms with Gasteiger partial charge in [0.25, 0.3) is 0 Å². The van der Waals surface area contributed by atoms with Gasteiger partial charge in [0.05, 0.1) is 30.0 Å². The van der Waals surface area contributed by atoms with E-state index in [4.69, 9.17) is 21.1 Å². The normalized spacial score (nSPS) is 17.7. The van der Waals surface area contributed by atoms with Crippen molar-refractivity contribution in [2.45, 2.75) is 19.8 Å². The van der Waals surface area contributed by atoms with Gasteiger partial charge in [-0.05, 0) is 31.5 Å². The van der Waals surface area contributed by atoms with Crippen LogP contribution in [0.3, 0.4) is 0 Å². The number of carbonyl (C=O) groups excluding carboxylic acids is 2. The first-order chi connectivity index (χ1) is 14.0. The van der Waals surface area contributed by atoms with Gasteiger partial charge < -0.3 is 14.8 Å². The Morgan fingerprint density at radius 2 is 1.90 bits per heavy atom. The molecule has 4 rings (SSSR count). The number of esters is 1. The summed E-state index contributed by atoms with van der Waals surface area (Å²) in [5.74, 6) is -0.620. The standard InChI is InChI=1S/C23H20ClNO4/c1-4-29-23(27)18-12(2)25-21-14-7-5-6-8-15(14)22(26)20(21)19(18)13-9-10-17(28-3)16(24)11-13/h5-11,19,25H,4H2,1-3H3/t19-/m1/s1. The zero-order chi connectivity index (χ0) is 20.7. The Labute approximate surface area is 174 Å². The summed E-state index contributed by atoms with van der Waals surface area (Å²) in [5, 5.41) is 3.68. The molecule has 29 heavy (non-hydrogen) atoms. The van der Waals surface area contributed by atoms with Crippen molar-refractivity contribution in [3.05, 3.63) is 81.0 Å². The number of hydrogen-bond acceptors (Lipinski definition) is 5. The fourth-order valence-electron chi connectivity index (χ4n) is 4.00. The van der Waals surface area contributed by atoms with Crippen LogP contribution in [-0.4, -0.2) is 25.5 Å². The van der Waals surface area contributed by atoms with Gasteiger partial charge in [-0.25, -0.2) is 4.79 Å². The molecule has 5 nitrogen and oxygen atoms in total. The summed E-state index contributed by atoms with van der Waals surface area (Å²) in [6, 6.07) is 12.7. The quantitative estimate of drug-likeness (QED) is 0.754. The van der Waals surface area contributed by atoms with E-state index < -0.39 is 11.9 Å². The molecule has 0 fully saturated rings. The first-order valence-electron chi connectivity index (χ1n) is 9.34. The Kier molecular flexibility index (Phi) is 4.92. The van der Waals surface area contributed by atoms with Crippen LogP contribution in [0.5, 0.6) is 5.75 Å². The van der Waals surface area contributed by atoms with Crippen LogP contribution >= 0.6 is 11.6 Å². The van der Waals surface area contributed by atoms with Crippen molar-refractivity contribution in [1.29, 1.82) is 0 Å². The van der Waals surface area contributed by atoms with Gasteiger partial charge in [0.15, 0.2) is 5.78 Å². The third-order valence-corrected chi connectivity index (χ3v) is 5.55. The summed E-state index contributed by atoms with van der Waals surface area (Å²) in [7, 11) is 1.54. The molecule has 0 radical (unpaired) electrons. The van der Waals surface area contributed by atoms with Crippen LogP contribution in [0.2, 0.25) is 5.02 Å². The minimum absolute atomic E-state index is 0.102. The number of Topliss-reactive ketones (excluding diaryl/α,β-unsaturated/α-hetero) is 1. The highest BCUT2D eigenvalue weighted by Crippen LogP contribution is 2.47. The molecule has 2 aromatic rings. The Balaban J connectivity index is 1.93. The second kappa shape index (κ2) is 7.41. The minimum atomic E-state index is -0.589. The number of methoxy groups -OCH3 is 1. The predicted octanol–water partition coefficient (Wildman–Crippen LogP) is 4.48. The van der Waals surface area contributed by atoms with Gasteiger partial charge in [-0.1, -0.05) is 41.9 Å². The van der Waals surface area contributed by atoms with Gasteiger partial charge in [0, 0.05) is 28.3 Å². The number of nitrogens with one attached hydrogen (secondary N) is 1. The molecule has 1 N–H and O–H groups in total. The van der Waals surface area contributed by atoms with Crippen LogP contribution in [0.15, 0.2) is 59.3 Å². The summed E-state index contributed by atoms with van der Waals surface area (Å²) in [5.41, 5.74) is 4.51. The molecule has 0 bridgehead atoms. The lowest BCUT2D eigenvalue weighted by Gasteiger charge is -2.29. The van der Waals surface area contributed by atoms with Crippen molar-refractivity contribution in [1.82, 2.24) is 5.32 Å². The highest BCUT2D eigenvalue weighted by atomic mass is 35.5. The van der Waals surface area contributed by atoms with Crippen LogP contribution in [0, 0.1) is 0 Å². The number of fused-ring (bicyclic) bond motifs is 2. The van der Waals surface area contributed by atoms with Gasteiger partial charge in [-0.15, -0.1) is 0 Å². The summed E-state index contributed by atoms with van der Waals surface area (Å²) < 4.78 is 10.6. The van der Waals surface area contributed by atoms with Crippen LogP contribution in [0.4, 0.5) is 0 Å². The Bertz CT molecular complexity index is 1100. The molecule has 148 valence electrons. The summed E-state index contributed by atoms with van der Waals surface area (Å²) in [6.07, 6.45) is 0. The van der Waals surface area contributed by atoms with Gasteiger partial charge in [-0.3, -0.25) is 4.79 Å². The van der Waals surface area contributed by atoms with E-state index >= 15 is 0 Å². The number of ketones is 1. The first kappa shape index (κ1) is 19.3. The van der Waals surface area contributed by atoms with Gasteiger partial charge in [0.1, 0.15) is 5.75 Å². The molecule has 1 aliphatic heterocycles. The van der Waals surface area contributed by atoms with E-state index in [0.717, 1.165) is 16.8 Å². The van der Waals surface area contributed by atoms with Crippen LogP contribution in [0.25, 0.3) is 5.70 Å². The fraction of sp³-hybridized carbons (Fsp3) is 0.217. The lowest BCUT2D eigenvalue weighted by Crippen LogP contribution is -2.29. The Morgan fingerprint density at radius 3 is 2.55 bits per heavy atom. The van der Waals surface area contributed by atoms with E-state index in [1.165, 1.54) is 7.11 Å². The highest BCUT2D eigenvalue weighted by Gasteiger charge is 2.42. The number of carbonyl (C=O) groups is 2. The second-order valence-corrected chi connectivity index (χ2v) is 7.28. The molecule has 0 amide bonds. The fourth-order valence-corrected chi connectivity index (χ4v) is 4.27. The van der Waals surface area contributed by atoms with Crippen LogP contribution in [0.1, 0.15) is 41.3 Å². The molecular weight excluding hydrogens is 390 g/mol. The molecule has 2 aliphatic rings. The average Bonchev–Trinajstić information content (AvgIpc) is 2.99. The number of dihydropyridines is 1. The maximum atomic E-state index is 13.3. The van der Waals surface area contributed by atoms with E-state index in [1.54, 1.807) is 25.1 Å². The van der Waals surface area contributed by atoms with E-state index in [1.807, 2.05) is 31.2 Å². The molecule has 1 atom stereocenters. The topological polar surface area (TPSA) is 64.6 Å². The zero-order valence-corrected chi connectivity index (χ0v) is 17.1. The molecule has 0 aromatic heterocycles. The lowest BCUT2D eigenvalue weighted by molar-refractivity contribution is -0.138. The SMILES string of the molecule is CCOC(=O)C1=C(C)NC2=C(C(=O)c3ccccc32)[C@@H]1c1ccc(OC)c(Cl)c1. The maximum Gasteiger partial charge on any atom is 0.336 e. The monoisotopic (exact) mass is 409 g/mol. The average molecular weight is 410 g/mol. The molecule has 0 spiro atoms. The molecule has 1 aliphatic carbocycles. The Morgan fingerprint density at radius 1 is 1.17 bits per heavy atom. The molecule has 6 heteroatoms. The number of hydrogen-bond donors (Lipinski definition) is 1. The van der Waals surface area contributed by atoms with Crippen molar-refractivity contribution in [2.75, 3.05) is 13.7 Å². The van der Waals surface area contributed by atoms with Crippen LogP contribution < -0.4 is 10.1 Å². The summed E-state index contributed by atoms with van der Waals surface area (Å²) in [4.78, 5) is 26.2. The van der Waals surface area contributed by atoms with E-state index in [0.29, 0.717) is 33.2 Å². The molecule has 2 aromatic carbocycles. The smallest absolute Gasteiger partial charge is 0.336 e. The Hall–Kier alpha value is -3.05. The number of allylic oxidation sites excluding steroid dienone is 2. The van der Waals surface area contributed by atoms with Crippen LogP contribution in [-0.2, 0) is 9.53 Å². The summed E-state index contributed by atoms with van der Waals surface area (Å²) >= 11 is 6.37. The minimum Gasteiger partial charge on any atom is -0.495 e. The van der Waals surface area contributed by atoms with Gasteiger partial charge >= 0.3 is 5.97 Å². The second-order valence-electron chi connectivity index (χ2n) is 6.87. The first-order valence-corrected chi connectivity index (χ1v) is 9.72. The van der Waals surface area contributed by atoms with E-state index in [9.17, 15) is 9.59 Å². The van der Waals surface area contributed by atoms with Gasteiger partial charge in [0.2, 0.25) is 0 Å². The lowest BCUT2D eigenvalue weighted by atomic mass is 9.80. The largest absolute Gasteiger partial charge is 0.495 e. The molecular formula is C23H20ClNO4. The van der Waals surface area contributed by atoms with Gasteiger partial charge in [-0.2, -0.15) is 0 Å². The van der Waals surface area contributed by atoms with E-state index in [2.05, 4.69) is 5.32 Å². The van der Waals surface area contributed by atoms with E-state index in [-0.39, 0.29) is 12.4 Å². The molecule has 0 saturated heterocycles. The third-order valence-electron chi connectivity index (χ3n) is 5.25. The highest BCUT2D eigenvalue weighted by molar-refractivity contribution is 6.32. The van der Waals surface area contributed by atoms with Crippen molar-refractivity contribution in [2.24, 2.45) is 0 Å².